The molecule has 2 rings (SSSR count). The third-order valence-corrected chi connectivity index (χ3v) is 3.23. The fourth-order valence-electron chi connectivity index (χ4n) is 2.28. The summed E-state index contributed by atoms with van der Waals surface area (Å²) in [5, 5.41) is 9.79. The van der Waals surface area contributed by atoms with E-state index in [0.29, 0.717) is 19.0 Å². The Balaban J connectivity index is 2.07. The fourth-order valence-corrected chi connectivity index (χ4v) is 2.28. The van der Waals surface area contributed by atoms with E-state index in [9.17, 15) is 9.59 Å². The van der Waals surface area contributed by atoms with Crippen molar-refractivity contribution < 1.29 is 9.59 Å². The van der Waals surface area contributed by atoms with Gasteiger partial charge in [-0.15, -0.1) is 0 Å². The number of carbonyl (C=O) groups excluding carboxylic acids is 2. The van der Waals surface area contributed by atoms with Crippen molar-refractivity contribution in [1.29, 1.82) is 0 Å². The number of hydrogen-bond acceptors (Lipinski definition) is 4. The van der Waals surface area contributed by atoms with Gasteiger partial charge in [0, 0.05) is 19.6 Å². The van der Waals surface area contributed by atoms with Gasteiger partial charge in [-0.2, -0.15) is 15.4 Å². The Labute approximate surface area is 112 Å². The average molecular weight is 265 g/mol. The Hall–Kier alpha value is -1.92. The molecular formula is C12H19N5O2. The summed E-state index contributed by atoms with van der Waals surface area (Å²) in [4.78, 5) is 27.8. The van der Waals surface area contributed by atoms with E-state index in [4.69, 9.17) is 0 Å². The number of H-pyrrole nitrogens is 1. The van der Waals surface area contributed by atoms with E-state index < -0.39 is 6.04 Å². The van der Waals surface area contributed by atoms with Crippen molar-refractivity contribution in [2.24, 2.45) is 5.92 Å². The zero-order valence-electron chi connectivity index (χ0n) is 11.5. The van der Waals surface area contributed by atoms with Crippen LogP contribution in [0, 0.1) is 5.92 Å². The SMILES string of the molecule is CC(C)CN1CCN(C(=O)c2cn[nH]n2)C(C)C1=O. The fraction of sp³-hybridized carbons (Fsp3) is 0.667. The maximum Gasteiger partial charge on any atom is 0.276 e. The minimum Gasteiger partial charge on any atom is -0.339 e. The summed E-state index contributed by atoms with van der Waals surface area (Å²) in [6.07, 6.45) is 1.38. The first-order chi connectivity index (χ1) is 9.00. The molecule has 1 aromatic rings. The van der Waals surface area contributed by atoms with Gasteiger partial charge in [0.05, 0.1) is 6.20 Å². The van der Waals surface area contributed by atoms with Gasteiger partial charge in [0.15, 0.2) is 5.69 Å². The van der Waals surface area contributed by atoms with Gasteiger partial charge in [-0.1, -0.05) is 13.8 Å². The first-order valence-electron chi connectivity index (χ1n) is 6.46. The lowest BCUT2D eigenvalue weighted by Crippen LogP contribution is -2.58. The third kappa shape index (κ3) is 2.74. The van der Waals surface area contributed by atoms with E-state index in [1.807, 2.05) is 4.90 Å². The number of piperazine rings is 1. The van der Waals surface area contributed by atoms with Crippen molar-refractivity contribution in [3.8, 4) is 0 Å². The standard InChI is InChI=1S/C12H19N5O2/c1-8(2)7-16-4-5-17(9(3)11(16)18)12(19)10-6-13-15-14-10/h6,8-9H,4-5,7H2,1-3H3,(H,13,14,15). The molecule has 2 heterocycles. The Morgan fingerprint density at radius 3 is 2.84 bits per heavy atom. The maximum absolute atomic E-state index is 12.2. The highest BCUT2D eigenvalue weighted by molar-refractivity contribution is 5.96. The highest BCUT2D eigenvalue weighted by Crippen LogP contribution is 2.15. The molecule has 7 heteroatoms. The van der Waals surface area contributed by atoms with Crippen molar-refractivity contribution in [3.05, 3.63) is 11.9 Å². The molecule has 1 fully saturated rings. The van der Waals surface area contributed by atoms with Crippen molar-refractivity contribution in [2.45, 2.75) is 26.8 Å². The van der Waals surface area contributed by atoms with Crippen LogP contribution in [0.5, 0.6) is 0 Å². The van der Waals surface area contributed by atoms with Crippen LogP contribution in [0.2, 0.25) is 0 Å². The van der Waals surface area contributed by atoms with Crippen LogP contribution in [0.15, 0.2) is 6.20 Å². The average Bonchev–Trinajstić information content (AvgIpc) is 2.88. The third-order valence-electron chi connectivity index (χ3n) is 3.23. The summed E-state index contributed by atoms with van der Waals surface area (Å²) in [5.41, 5.74) is 0.247. The van der Waals surface area contributed by atoms with Crippen LogP contribution in [0.1, 0.15) is 31.3 Å². The topological polar surface area (TPSA) is 82.2 Å². The van der Waals surface area contributed by atoms with Gasteiger partial charge >= 0.3 is 0 Å². The number of aromatic amines is 1. The van der Waals surface area contributed by atoms with Gasteiger partial charge in [-0.3, -0.25) is 9.59 Å². The van der Waals surface area contributed by atoms with Gasteiger partial charge in [0.25, 0.3) is 5.91 Å². The molecule has 0 radical (unpaired) electrons. The summed E-state index contributed by atoms with van der Waals surface area (Å²) in [6, 6.07) is -0.448. The lowest BCUT2D eigenvalue weighted by molar-refractivity contribution is -0.140. The largest absolute Gasteiger partial charge is 0.339 e. The summed E-state index contributed by atoms with van der Waals surface area (Å²) < 4.78 is 0. The second-order valence-electron chi connectivity index (χ2n) is 5.21. The van der Waals surface area contributed by atoms with E-state index in [-0.39, 0.29) is 17.5 Å². The van der Waals surface area contributed by atoms with E-state index in [2.05, 4.69) is 29.3 Å². The lowest BCUT2D eigenvalue weighted by Gasteiger charge is -2.39. The number of carbonyl (C=O) groups is 2. The van der Waals surface area contributed by atoms with Gasteiger partial charge in [0.1, 0.15) is 6.04 Å². The van der Waals surface area contributed by atoms with E-state index in [0.717, 1.165) is 6.54 Å². The lowest BCUT2D eigenvalue weighted by atomic mass is 10.1. The number of nitrogens with zero attached hydrogens (tertiary/aromatic N) is 4. The second kappa shape index (κ2) is 5.38. The van der Waals surface area contributed by atoms with Gasteiger partial charge in [0.2, 0.25) is 5.91 Å². The molecule has 1 N–H and O–H groups in total. The summed E-state index contributed by atoms with van der Waals surface area (Å²) in [5.74, 6) is 0.171. The van der Waals surface area contributed by atoms with Crippen LogP contribution in [0.25, 0.3) is 0 Å². The smallest absolute Gasteiger partial charge is 0.276 e. The van der Waals surface area contributed by atoms with Crippen molar-refractivity contribution >= 4 is 11.8 Å². The van der Waals surface area contributed by atoms with E-state index >= 15 is 0 Å². The van der Waals surface area contributed by atoms with Gasteiger partial charge in [-0.05, 0) is 12.8 Å². The number of amides is 2. The van der Waals surface area contributed by atoms with Crippen LogP contribution in [0.4, 0.5) is 0 Å². The Bertz CT molecular complexity index is 457. The minimum absolute atomic E-state index is 0.00297. The molecule has 0 spiro atoms. The van der Waals surface area contributed by atoms with E-state index in [1.165, 1.54) is 6.20 Å². The Morgan fingerprint density at radius 1 is 1.53 bits per heavy atom. The summed E-state index contributed by atoms with van der Waals surface area (Å²) >= 11 is 0. The minimum atomic E-state index is -0.448. The second-order valence-corrected chi connectivity index (χ2v) is 5.21. The molecule has 1 aliphatic rings. The first kappa shape index (κ1) is 13.5. The van der Waals surface area contributed by atoms with Crippen molar-refractivity contribution in [3.63, 3.8) is 0 Å². The quantitative estimate of drug-likeness (QED) is 0.842. The van der Waals surface area contributed by atoms with Crippen LogP contribution < -0.4 is 0 Å². The molecular weight excluding hydrogens is 246 g/mol. The van der Waals surface area contributed by atoms with E-state index in [1.54, 1.807) is 11.8 Å². The van der Waals surface area contributed by atoms with Gasteiger partial charge in [-0.25, -0.2) is 0 Å². The molecule has 1 atom stereocenters. The molecule has 19 heavy (non-hydrogen) atoms. The van der Waals surface area contributed by atoms with Crippen LogP contribution in [-0.2, 0) is 4.79 Å². The number of aromatic nitrogens is 3. The molecule has 2 amide bonds. The molecule has 0 bridgehead atoms. The molecule has 0 saturated carbocycles. The number of nitrogens with one attached hydrogen (secondary N) is 1. The van der Waals surface area contributed by atoms with Crippen molar-refractivity contribution in [1.82, 2.24) is 25.2 Å². The highest BCUT2D eigenvalue weighted by Gasteiger charge is 2.35. The number of hydrogen-bond donors (Lipinski definition) is 1. The van der Waals surface area contributed by atoms with Crippen molar-refractivity contribution in [2.75, 3.05) is 19.6 Å². The predicted octanol–water partition coefficient (Wildman–Crippen LogP) is 0.134. The molecule has 1 unspecified atom stereocenters. The normalized spacial score (nSPS) is 20.2. The van der Waals surface area contributed by atoms with Crippen LogP contribution in [-0.4, -0.2) is 62.7 Å². The summed E-state index contributed by atoms with van der Waals surface area (Å²) in [6.45, 7) is 7.74. The molecule has 0 aromatic carbocycles. The molecule has 1 saturated heterocycles. The zero-order valence-corrected chi connectivity index (χ0v) is 11.5. The van der Waals surface area contributed by atoms with Gasteiger partial charge < -0.3 is 9.80 Å². The molecule has 1 aromatic heterocycles. The first-order valence-corrected chi connectivity index (χ1v) is 6.46. The monoisotopic (exact) mass is 265 g/mol. The molecule has 104 valence electrons. The molecule has 1 aliphatic heterocycles. The maximum atomic E-state index is 12.2. The molecule has 0 aliphatic carbocycles. The highest BCUT2D eigenvalue weighted by atomic mass is 16.2. The summed E-state index contributed by atoms with van der Waals surface area (Å²) in [7, 11) is 0. The van der Waals surface area contributed by atoms with Crippen LogP contribution >= 0.6 is 0 Å². The number of rotatable bonds is 3. The Kier molecular flexibility index (Phi) is 3.82. The molecule has 7 nitrogen and oxygen atoms in total. The Morgan fingerprint density at radius 2 is 2.26 bits per heavy atom. The van der Waals surface area contributed by atoms with Crippen LogP contribution in [0.3, 0.4) is 0 Å². The predicted molar refractivity (Wildman–Crippen MR) is 68.3 cm³/mol. The zero-order chi connectivity index (χ0) is 14.0.